The quantitative estimate of drug-likeness (QED) is 0.500. The summed E-state index contributed by atoms with van der Waals surface area (Å²) >= 11 is 0. The van der Waals surface area contributed by atoms with Crippen LogP contribution >= 0.6 is 0 Å². The van der Waals surface area contributed by atoms with Gasteiger partial charge in [-0.3, -0.25) is 24.1 Å². The highest BCUT2D eigenvalue weighted by molar-refractivity contribution is 5.70. The van der Waals surface area contributed by atoms with E-state index in [9.17, 15) is 24.0 Å². The SMILES string of the molecule is Cc1cn(C(Oc2c[nH]c(=O)[nH]c2=O)C(=O)O)c(=O)[nH]c1=O. The van der Waals surface area contributed by atoms with Crippen molar-refractivity contribution in [3.63, 3.8) is 0 Å². The lowest BCUT2D eigenvalue weighted by atomic mass is 10.4. The summed E-state index contributed by atoms with van der Waals surface area (Å²) in [5, 5.41) is 9.16. The van der Waals surface area contributed by atoms with Crippen molar-refractivity contribution in [2.24, 2.45) is 0 Å². The standard InChI is InChI=1S/C11H10N4O7/c1-4-3-15(11(21)14-6(4)16)8(9(18)19)22-5-2-12-10(20)13-7(5)17/h2-3,8H,1H3,(H,18,19)(H,14,16,21)(H2,12,13,17,20). The van der Waals surface area contributed by atoms with E-state index in [0.717, 1.165) is 12.4 Å². The van der Waals surface area contributed by atoms with Crippen LogP contribution in [0, 0.1) is 6.92 Å². The molecule has 0 saturated carbocycles. The van der Waals surface area contributed by atoms with E-state index in [1.807, 2.05) is 9.97 Å². The van der Waals surface area contributed by atoms with Crippen LogP contribution in [0.2, 0.25) is 0 Å². The van der Waals surface area contributed by atoms with Gasteiger partial charge in [0.2, 0.25) is 5.75 Å². The summed E-state index contributed by atoms with van der Waals surface area (Å²) in [6.07, 6.45) is -0.0596. The van der Waals surface area contributed by atoms with Gasteiger partial charge in [-0.1, -0.05) is 0 Å². The summed E-state index contributed by atoms with van der Waals surface area (Å²) in [5.74, 6) is -2.10. The van der Waals surface area contributed by atoms with E-state index in [2.05, 4.69) is 4.98 Å². The molecule has 0 radical (unpaired) electrons. The fourth-order valence-corrected chi connectivity index (χ4v) is 1.59. The predicted molar refractivity (Wildman–Crippen MR) is 71.0 cm³/mol. The molecule has 0 aliphatic carbocycles. The normalized spacial score (nSPS) is 11.9. The Bertz CT molecular complexity index is 948. The zero-order chi connectivity index (χ0) is 16.4. The molecule has 0 aromatic carbocycles. The highest BCUT2D eigenvalue weighted by atomic mass is 16.5. The van der Waals surface area contributed by atoms with Gasteiger partial charge in [-0.2, -0.15) is 0 Å². The van der Waals surface area contributed by atoms with Gasteiger partial charge in [0.15, 0.2) is 0 Å². The molecule has 0 spiro atoms. The van der Waals surface area contributed by atoms with E-state index in [1.54, 1.807) is 0 Å². The molecule has 4 N–H and O–H groups in total. The van der Waals surface area contributed by atoms with E-state index in [4.69, 9.17) is 9.84 Å². The fraction of sp³-hybridized carbons (Fsp3) is 0.182. The first-order chi connectivity index (χ1) is 10.3. The van der Waals surface area contributed by atoms with Crippen molar-refractivity contribution in [3.8, 4) is 5.75 Å². The van der Waals surface area contributed by atoms with Crippen molar-refractivity contribution < 1.29 is 14.6 Å². The van der Waals surface area contributed by atoms with Crippen LogP contribution in [0.15, 0.2) is 31.6 Å². The largest absolute Gasteiger partial charge is 0.477 e. The number of H-pyrrole nitrogens is 3. The number of aliphatic carboxylic acids is 1. The summed E-state index contributed by atoms with van der Waals surface area (Å²) < 4.78 is 5.55. The molecule has 0 fully saturated rings. The minimum absolute atomic E-state index is 0.0739. The number of ether oxygens (including phenoxy) is 1. The number of rotatable bonds is 4. The summed E-state index contributed by atoms with van der Waals surface area (Å²) in [4.78, 5) is 62.5. The molecule has 0 bridgehead atoms. The molecule has 11 nitrogen and oxygen atoms in total. The minimum atomic E-state index is -1.91. The first-order valence-corrected chi connectivity index (χ1v) is 5.83. The highest BCUT2D eigenvalue weighted by Crippen LogP contribution is 2.10. The average molecular weight is 310 g/mol. The molecule has 116 valence electrons. The van der Waals surface area contributed by atoms with Crippen molar-refractivity contribution >= 4 is 5.97 Å². The Morgan fingerprint density at radius 1 is 1.23 bits per heavy atom. The Balaban J connectivity index is 2.52. The molecule has 2 aromatic rings. The second-order valence-corrected chi connectivity index (χ2v) is 4.22. The first kappa shape index (κ1) is 15.0. The number of carboxylic acids is 1. The average Bonchev–Trinajstić information content (AvgIpc) is 2.42. The van der Waals surface area contributed by atoms with Gasteiger partial charge < -0.3 is 14.8 Å². The van der Waals surface area contributed by atoms with Gasteiger partial charge in [-0.25, -0.2) is 14.4 Å². The summed E-state index contributed by atoms with van der Waals surface area (Å²) in [5.41, 5.74) is -3.40. The summed E-state index contributed by atoms with van der Waals surface area (Å²) in [7, 11) is 0. The Morgan fingerprint density at radius 2 is 1.91 bits per heavy atom. The van der Waals surface area contributed by atoms with E-state index >= 15 is 0 Å². The van der Waals surface area contributed by atoms with Crippen LogP contribution in [-0.4, -0.2) is 30.6 Å². The lowest BCUT2D eigenvalue weighted by molar-refractivity contribution is -0.150. The number of nitrogens with zero attached hydrogens (tertiary/aromatic N) is 1. The Labute approximate surface area is 119 Å². The maximum atomic E-state index is 11.7. The molecule has 1 unspecified atom stereocenters. The fourth-order valence-electron chi connectivity index (χ4n) is 1.59. The predicted octanol–water partition coefficient (Wildman–Crippen LogP) is -2.12. The Kier molecular flexibility index (Phi) is 3.79. The van der Waals surface area contributed by atoms with E-state index in [0.29, 0.717) is 4.57 Å². The molecular formula is C11H10N4O7. The van der Waals surface area contributed by atoms with Crippen molar-refractivity contribution in [2.75, 3.05) is 0 Å². The van der Waals surface area contributed by atoms with Crippen LogP contribution in [-0.2, 0) is 4.79 Å². The second-order valence-electron chi connectivity index (χ2n) is 4.22. The van der Waals surface area contributed by atoms with E-state index < -0.39 is 40.4 Å². The van der Waals surface area contributed by atoms with E-state index in [1.165, 1.54) is 6.92 Å². The van der Waals surface area contributed by atoms with E-state index in [-0.39, 0.29) is 5.56 Å². The number of aromatic amines is 3. The van der Waals surface area contributed by atoms with Crippen LogP contribution in [0.1, 0.15) is 11.8 Å². The number of hydrogen-bond acceptors (Lipinski definition) is 6. The second kappa shape index (κ2) is 5.55. The lowest BCUT2D eigenvalue weighted by Crippen LogP contribution is -2.39. The number of carboxylic acid groups (broad SMARTS) is 1. The monoisotopic (exact) mass is 310 g/mol. The first-order valence-electron chi connectivity index (χ1n) is 5.83. The molecule has 2 heterocycles. The van der Waals surface area contributed by atoms with Gasteiger partial charge in [0.1, 0.15) is 0 Å². The van der Waals surface area contributed by atoms with Crippen LogP contribution in [0.3, 0.4) is 0 Å². The number of aryl methyl sites for hydroxylation is 1. The molecule has 22 heavy (non-hydrogen) atoms. The zero-order valence-corrected chi connectivity index (χ0v) is 11.1. The van der Waals surface area contributed by atoms with Crippen molar-refractivity contribution in [2.45, 2.75) is 13.2 Å². The van der Waals surface area contributed by atoms with Crippen LogP contribution < -0.4 is 27.2 Å². The third-order valence-electron chi connectivity index (χ3n) is 2.63. The number of aromatic nitrogens is 4. The van der Waals surface area contributed by atoms with Gasteiger partial charge in [-0.15, -0.1) is 0 Å². The maximum absolute atomic E-state index is 11.7. The molecular weight excluding hydrogens is 300 g/mol. The number of nitrogens with one attached hydrogen (secondary N) is 3. The van der Waals surface area contributed by atoms with Gasteiger partial charge in [0.05, 0.1) is 6.20 Å². The van der Waals surface area contributed by atoms with Crippen LogP contribution in [0.25, 0.3) is 0 Å². The maximum Gasteiger partial charge on any atom is 0.367 e. The smallest absolute Gasteiger partial charge is 0.367 e. The van der Waals surface area contributed by atoms with Gasteiger partial charge >= 0.3 is 17.3 Å². The summed E-state index contributed by atoms with van der Waals surface area (Å²) in [6.45, 7) is 1.36. The Morgan fingerprint density at radius 3 is 2.50 bits per heavy atom. The third kappa shape index (κ3) is 2.87. The molecule has 0 amide bonds. The minimum Gasteiger partial charge on any atom is -0.477 e. The molecule has 2 aromatic heterocycles. The van der Waals surface area contributed by atoms with Crippen molar-refractivity contribution in [3.05, 3.63) is 59.6 Å². The molecule has 2 rings (SSSR count). The molecule has 0 aliphatic rings. The zero-order valence-electron chi connectivity index (χ0n) is 11.1. The molecule has 0 aliphatic heterocycles. The molecule has 0 saturated heterocycles. The van der Waals surface area contributed by atoms with Gasteiger partial charge in [0.25, 0.3) is 17.3 Å². The van der Waals surface area contributed by atoms with Crippen LogP contribution in [0.4, 0.5) is 0 Å². The highest BCUT2D eigenvalue weighted by Gasteiger charge is 2.24. The molecule has 1 atom stereocenters. The van der Waals surface area contributed by atoms with Gasteiger partial charge in [-0.05, 0) is 6.92 Å². The van der Waals surface area contributed by atoms with Crippen molar-refractivity contribution in [1.29, 1.82) is 0 Å². The topological polar surface area (TPSA) is 167 Å². The van der Waals surface area contributed by atoms with Crippen LogP contribution in [0.5, 0.6) is 5.75 Å². The molecule has 11 heteroatoms. The van der Waals surface area contributed by atoms with Gasteiger partial charge in [0, 0.05) is 11.8 Å². The Hall–Kier alpha value is -3.37. The van der Waals surface area contributed by atoms with Crippen molar-refractivity contribution in [1.82, 2.24) is 19.5 Å². The number of hydrogen-bond donors (Lipinski definition) is 4. The lowest BCUT2D eigenvalue weighted by Gasteiger charge is -2.16. The third-order valence-corrected chi connectivity index (χ3v) is 2.63. The summed E-state index contributed by atoms with van der Waals surface area (Å²) in [6, 6.07) is 0. The number of carbonyl (C=O) groups is 1.